The quantitative estimate of drug-likeness (QED) is 0.427. The van der Waals surface area contributed by atoms with Crippen molar-refractivity contribution in [3.63, 3.8) is 0 Å². The van der Waals surface area contributed by atoms with Crippen LogP contribution in [-0.4, -0.2) is 52.1 Å². The topological polar surface area (TPSA) is 62.6 Å². The Hall–Kier alpha value is -3.19. The lowest BCUT2D eigenvalue weighted by Gasteiger charge is -2.38. The van der Waals surface area contributed by atoms with Gasteiger partial charge in [0.25, 0.3) is 5.91 Å². The van der Waals surface area contributed by atoms with Crippen molar-refractivity contribution >= 4 is 44.4 Å². The summed E-state index contributed by atoms with van der Waals surface area (Å²) in [5.41, 5.74) is 2.47. The normalized spacial score (nSPS) is 13.6. The summed E-state index contributed by atoms with van der Waals surface area (Å²) in [6.07, 6.45) is 3.50. The Kier molecular flexibility index (Phi) is 6.79. The number of benzene rings is 2. The fourth-order valence-electron chi connectivity index (χ4n) is 4.29. The zero-order chi connectivity index (χ0) is 23.5. The van der Waals surface area contributed by atoms with Gasteiger partial charge in [-0.25, -0.2) is 0 Å². The van der Waals surface area contributed by atoms with Crippen molar-refractivity contribution < 1.29 is 14.4 Å². The van der Waals surface area contributed by atoms with Crippen molar-refractivity contribution in [3.05, 3.63) is 83.0 Å². The number of carbonyl (C=O) groups is 3. The van der Waals surface area contributed by atoms with Gasteiger partial charge in [0.05, 0.1) is 12.1 Å². The Morgan fingerprint density at radius 3 is 2.58 bits per heavy atom. The summed E-state index contributed by atoms with van der Waals surface area (Å²) in [4.78, 5) is 41.1. The largest absolute Gasteiger partial charge is 0.339 e. The molecule has 0 N–H and O–H groups in total. The summed E-state index contributed by atoms with van der Waals surface area (Å²) < 4.78 is 2.74. The molecule has 33 heavy (non-hydrogen) atoms. The van der Waals surface area contributed by atoms with E-state index in [-0.39, 0.29) is 30.1 Å². The van der Waals surface area contributed by atoms with Gasteiger partial charge in [0.15, 0.2) is 5.78 Å². The molecule has 0 atom stereocenters. The number of Topliss-reactive ketones (excluding diaryl/α,β-unsaturated/α-hetero) is 1. The molecule has 0 saturated carbocycles. The monoisotopic (exact) mass is 507 g/mol. The maximum Gasteiger partial charge on any atom is 0.256 e. The first kappa shape index (κ1) is 23.0. The first-order valence-electron chi connectivity index (χ1n) is 10.9. The molecule has 1 fully saturated rings. The maximum atomic E-state index is 13.3. The van der Waals surface area contributed by atoms with Crippen molar-refractivity contribution in [1.82, 2.24) is 14.4 Å². The summed E-state index contributed by atoms with van der Waals surface area (Å²) in [5.74, 6) is 0.0758. The van der Waals surface area contributed by atoms with Crippen LogP contribution in [-0.2, 0) is 22.7 Å². The highest BCUT2D eigenvalue weighted by molar-refractivity contribution is 9.10. The number of fused-ring (bicyclic) bond motifs is 1. The van der Waals surface area contributed by atoms with E-state index < -0.39 is 0 Å². The number of hydrogen-bond acceptors (Lipinski definition) is 3. The number of amides is 2. The molecular weight excluding hydrogens is 482 g/mol. The van der Waals surface area contributed by atoms with Crippen LogP contribution < -0.4 is 0 Å². The molecule has 2 amide bonds. The third-order valence-electron chi connectivity index (χ3n) is 5.99. The number of ketones is 1. The fraction of sp³-hybridized carbons (Fsp3) is 0.269. The summed E-state index contributed by atoms with van der Waals surface area (Å²) >= 11 is 3.50. The Labute approximate surface area is 201 Å². The smallest absolute Gasteiger partial charge is 0.256 e. The Bertz CT molecular complexity index is 1210. The van der Waals surface area contributed by atoms with Crippen LogP contribution in [0.15, 0.2) is 71.9 Å². The third kappa shape index (κ3) is 5.09. The van der Waals surface area contributed by atoms with Crippen LogP contribution >= 0.6 is 15.9 Å². The number of halogens is 1. The van der Waals surface area contributed by atoms with Crippen molar-refractivity contribution in [1.29, 1.82) is 0 Å². The van der Waals surface area contributed by atoms with E-state index in [2.05, 4.69) is 22.5 Å². The lowest BCUT2D eigenvalue weighted by Crippen LogP contribution is -2.50. The molecule has 0 radical (unpaired) electrons. The molecule has 0 unspecified atom stereocenters. The number of nitrogens with zero attached hydrogens (tertiary/aromatic N) is 3. The average Bonchev–Trinajstić information content (AvgIpc) is 3.12. The van der Waals surface area contributed by atoms with E-state index >= 15 is 0 Å². The molecule has 1 aliphatic heterocycles. The molecule has 2 aromatic carbocycles. The minimum atomic E-state index is -0.0940. The van der Waals surface area contributed by atoms with Gasteiger partial charge in [0, 0.05) is 60.6 Å². The number of aromatic nitrogens is 1. The fourth-order valence-corrected chi connectivity index (χ4v) is 4.65. The second-order valence-corrected chi connectivity index (χ2v) is 9.45. The molecule has 2 heterocycles. The summed E-state index contributed by atoms with van der Waals surface area (Å²) in [7, 11) is 1.79. The molecule has 0 bridgehead atoms. The molecule has 1 saturated heterocycles. The maximum absolute atomic E-state index is 13.3. The van der Waals surface area contributed by atoms with Gasteiger partial charge in [0.1, 0.15) is 0 Å². The lowest BCUT2D eigenvalue weighted by molar-refractivity contribution is -0.134. The van der Waals surface area contributed by atoms with Crippen molar-refractivity contribution in [2.24, 2.45) is 5.92 Å². The highest BCUT2D eigenvalue weighted by Gasteiger charge is 2.31. The molecule has 0 aliphatic carbocycles. The molecule has 6 nitrogen and oxygen atoms in total. The predicted octanol–water partition coefficient (Wildman–Crippen LogP) is 4.28. The zero-order valence-electron chi connectivity index (χ0n) is 18.5. The van der Waals surface area contributed by atoms with Crippen molar-refractivity contribution in [3.8, 4) is 0 Å². The molecule has 7 heteroatoms. The Morgan fingerprint density at radius 1 is 1.15 bits per heavy atom. The van der Waals surface area contributed by atoms with Crippen LogP contribution in [0.3, 0.4) is 0 Å². The van der Waals surface area contributed by atoms with Gasteiger partial charge in [-0.2, -0.15) is 0 Å². The van der Waals surface area contributed by atoms with Gasteiger partial charge in [-0.15, -0.1) is 0 Å². The lowest BCUT2D eigenvalue weighted by atomic mass is 9.94. The third-order valence-corrected chi connectivity index (χ3v) is 6.48. The van der Waals surface area contributed by atoms with E-state index in [0.29, 0.717) is 31.6 Å². The second kappa shape index (κ2) is 9.75. The Balaban J connectivity index is 1.50. The van der Waals surface area contributed by atoms with Gasteiger partial charge in [-0.1, -0.05) is 52.8 Å². The van der Waals surface area contributed by atoms with E-state index in [1.54, 1.807) is 23.0 Å². The van der Waals surface area contributed by atoms with E-state index in [0.717, 1.165) is 20.9 Å². The SMILES string of the molecule is C=CC(=O)N1CC(CC(=O)Cn2cc(C(=O)N(C)Cc3ccccc3)c3cc(Br)ccc32)C1. The molecule has 170 valence electrons. The number of likely N-dealkylation sites (tertiary alicyclic amines) is 1. The number of rotatable bonds is 8. The second-order valence-electron chi connectivity index (χ2n) is 8.54. The first-order chi connectivity index (χ1) is 15.9. The number of hydrogen-bond donors (Lipinski definition) is 0. The first-order valence-corrected chi connectivity index (χ1v) is 11.7. The van der Waals surface area contributed by atoms with E-state index in [1.807, 2.05) is 53.1 Å². The highest BCUT2D eigenvalue weighted by Crippen LogP contribution is 2.27. The van der Waals surface area contributed by atoms with Crippen molar-refractivity contribution in [2.75, 3.05) is 20.1 Å². The Morgan fingerprint density at radius 2 is 1.88 bits per heavy atom. The van der Waals surface area contributed by atoms with Crippen molar-refractivity contribution in [2.45, 2.75) is 19.5 Å². The number of carbonyl (C=O) groups excluding carboxylic acids is 3. The molecule has 3 aromatic rings. The highest BCUT2D eigenvalue weighted by atomic mass is 79.9. The van der Waals surface area contributed by atoms with Gasteiger partial charge in [-0.3, -0.25) is 14.4 Å². The van der Waals surface area contributed by atoms with Gasteiger partial charge in [0.2, 0.25) is 5.91 Å². The van der Waals surface area contributed by atoms with Gasteiger partial charge in [-0.05, 0) is 29.8 Å². The minimum absolute atomic E-state index is 0.0853. The molecule has 1 aliphatic rings. The summed E-state index contributed by atoms with van der Waals surface area (Å²) in [6, 6.07) is 15.6. The van der Waals surface area contributed by atoms with E-state index in [4.69, 9.17) is 0 Å². The molecular formula is C26H26BrN3O3. The van der Waals surface area contributed by atoms with Crippen LogP contribution in [0.1, 0.15) is 22.3 Å². The van der Waals surface area contributed by atoms with Crippen LogP contribution in [0.2, 0.25) is 0 Å². The van der Waals surface area contributed by atoms with E-state index in [1.165, 1.54) is 6.08 Å². The van der Waals surface area contributed by atoms with Crippen LogP contribution in [0, 0.1) is 5.92 Å². The van der Waals surface area contributed by atoms with Crippen LogP contribution in [0.25, 0.3) is 10.9 Å². The van der Waals surface area contributed by atoms with Gasteiger partial charge < -0.3 is 14.4 Å². The summed E-state index contributed by atoms with van der Waals surface area (Å²) in [6.45, 7) is 5.37. The molecule has 4 rings (SSSR count). The van der Waals surface area contributed by atoms with Crippen LogP contribution in [0.4, 0.5) is 0 Å². The average molecular weight is 508 g/mol. The molecule has 0 spiro atoms. The zero-order valence-corrected chi connectivity index (χ0v) is 20.1. The van der Waals surface area contributed by atoms with Crippen LogP contribution in [0.5, 0.6) is 0 Å². The summed E-state index contributed by atoms with van der Waals surface area (Å²) in [5, 5.41) is 0.813. The van der Waals surface area contributed by atoms with E-state index in [9.17, 15) is 14.4 Å². The molecule has 1 aromatic heterocycles. The van der Waals surface area contributed by atoms with Gasteiger partial charge >= 0.3 is 0 Å². The predicted molar refractivity (Wildman–Crippen MR) is 132 cm³/mol. The minimum Gasteiger partial charge on any atom is -0.339 e. The standard InChI is InChI=1S/C26H26BrN3O3/c1-3-25(32)30-14-19(15-30)11-21(31)16-29-17-23(22-12-20(27)9-10-24(22)29)26(33)28(2)13-18-7-5-4-6-8-18/h3-10,12,17,19H,1,11,13-16H2,2H3.